The van der Waals surface area contributed by atoms with E-state index in [1.807, 2.05) is 48.1 Å². The van der Waals surface area contributed by atoms with Gasteiger partial charge in [0.15, 0.2) is 0 Å². The lowest BCUT2D eigenvalue weighted by molar-refractivity contribution is 0.0949. The Morgan fingerprint density at radius 1 is 1.19 bits per heavy atom. The van der Waals surface area contributed by atoms with Crippen molar-refractivity contribution in [3.63, 3.8) is 0 Å². The second-order valence-corrected chi connectivity index (χ2v) is 6.47. The quantitative estimate of drug-likeness (QED) is 0.754. The van der Waals surface area contributed by atoms with Crippen LogP contribution in [0.15, 0.2) is 48.7 Å². The number of hydrogen-bond donors (Lipinski definition) is 1. The second kappa shape index (κ2) is 7.11. The summed E-state index contributed by atoms with van der Waals surface area (Å²) in [4.78, 5) is 25.4. The van der Waals surface area contributed by atoms with Gasteiger partial charge in [-0.25, -0.2) is 4.79 Å². The van der Waals surface area contributed by atoms with Crippen LogP contribution < -0.4 is 5.32 Å². The average Bonchev–Trinajstić information content (AvgIpc) is 3.29. The van der Waals surface area contributed by atoms with E-state index in [-0.39, 0.29) is 12.0 Å². The number of cyclic esters (lactones) is 1. The molecule has 0 radical (unpaired) electrons. The predicted molar refractivity (Wildman–Crippen MR) is 101 cm³/mol. The molecule has 2 amide bonds. The minimum Gasteiger partial charge on any atom is -0.448 e. The number of carbonyl (C=O) groups excluding carboxylic acids is 2. The molecule has 1 N–H and O–H groups in total. The van der Waals surface area contributed by atoms with Crippen LogP contribution in [0.4, 0.5) is 4.79 Å². The van der Waals surface area contributed by atoms with Crippen LogP contribution in [0.3, 0.4) is 0 Å². The maximum Gasteiger partial charge on any atom is 0.409 e. The molecule has 1 fully saturated rings. The lowest BCUT2D eigenvalue weighted by atomic mass is 10.0. The van der Waals surface area contributed by atoms with E-state index in [4.69, 9.17) is 4.74 Å². The molecule has 0 unspecified atom stereocenters. The Hall–Kier alpha value is -3.35. The first-order chi connectivity index (χ1) is 13.1. The minimum absolute atomic E-state index is 0.153. The van der Waals surface area contributed by atoms with Gasteiger partial charge in [-0.2, -0.15) is 5.10 Å². The Morgan fingerprint density at radius 3 is 2.74 bits per heavy atom. The Labute approximate surface area is 156 Å². The first kappa shape index (κ1) is 17.1. The van der Waals surface area contributed by atoms with Crippen LogP contribution in [-0.4, -0.2) is 52.9 Å². The highest BCUT2D eigenvalue weighted by molar-refractivity contribution is 5.99. The highest BCUT2D eigenvalue weighted by atomic mass is 16.6. The Balaban J connectivity index is 1.45. The molecule has 4 rings (SSSR count). The molecule has 1 aliphatic heterocycles. The third-order valence-corrected chi connectivity index (χ3v) is 4.73. The van der Waals surface area contributed by atoms with Crippen LogP contribution in [0.5, 0.6) is 0 Å². The van der Waals surface area contributed by atoms with E-state index in [0.29, 0.717) is 31.8 Å². The summed E-state index contributed by atoms with van der Waals surface area (Å²) < 4.78 is 6.70. The van der Waals surface area contributed by atoms with Crippen molar-refractivity contribution in [2.75, 3.05) is 26.2 Å². The summed E-state index contributed by atoms with van der Waals surface area (Å²) in [5, 5.41) is 9.11. The Morgan fingerprint density at radius 2 is 2.00 bits per heavy atom. The van der Waals surface area contributed by atoms with E-state index in [1.165, 1.54) is 0 Å². The van der Waals surface area contributed by atoms with Crippen LogP contribution in [0.2, 0.25) is 0 Å². The number of aryl methyl sites for hydroxylation is 1. The fourth-order valence-electron chi connectivity index (χ4n) is 3.24. The molecule has 0 bridgehead atoms. The number of hydrogen-bond acceptors (Lipinski definition) is 4. The van der Waals surface area contributed by atoms with Crippen molar-refractivity contribution in [2.45, 2.75) is 0 Å². The SMILES string of the molecule is Cn1nccc1-c1ccc2cc(C(=O)NCCN3CCOC3=O)ccc2c1. The molecule has 1 aromatic heterocycles. The van der Waals surface area contributed by atoms with Crippen molar-refractivity contribution in [3.05, 3.63) is 54.2 Å². The van der Waals surface area contributed by atoms with Gasteiger partial charge in [0.25, 0.3) is 5.91 Å². The zero-order valence-corrected chi connectivity index (χ0v) is 15.0. The van der Waals surface area contributed by atoms with E-state index in [1.54, 1.807) is 11.1 Å². The van der Waals surface area contributed by atoms with E-state index in [9.17, 15) is 9.59 Å². The Kier molecular flexibility index (Phi) is 4.50. The molecule has 0 aliphatic carbocycles. The zero-order valence-electron chi connectivity index (χ0n) is 15.0. The zero-order chi connectivity index (χ0) is 18.8. The summed E-state index contributed by atoms with van der Waals surface area (Å²) in [7, 11) is 1.91. The predicted octanol–water partition coefficient (Wildman–Crippen LogP) is 2.42. The summed E-state index contributed by atoms with van der Waals surface area (Å²) in [5.74, 6) is -0.153. The number of nitrogens with zero attached hydrogens (tertiary/aromatic N) is 3. The van der Waals surface area contributed by atoms with Crippen LogP contribution in [0.1, 0.15) is 10.4 Å². The topological polar surface area (TPSA) is 76.5 Å². The van der Waals surface area contributed by atoms with Gasteiger partial charge in [-0.1, -0.05) is 18.2 Å². The van der Waals surface area contributed by atoms with Crippen LogP contribution >= 0.6 is 0 Å². The maximum absolute atomic E-state index is 12.4. The molecule has 2 aromatic carbocycles. The summed E-state index contributed by atoms with van der Waals surface area (Å²) in [5.41, 5.74) is 2.72. The van der Waals surface area contributed by atoms with Crippen molar-refractivity contribution in [1.29, 1.82) is 0 Å². The lowest BCUT2D eigenvalue weighted by Gasteiger charge is -2.13. The van der Waals surface area contributed by atoms with Gasteiger partial charge in [0.2, 0.25) is 0 Å². The van der Waals surface area contributed by atoms with Gasteiger partial charge >= 0.3 is 6.09 Å². The smallest absolute Gasteiger partial charge is 0.409 e. The fraction of sp³-hybridized carbons (Fsp3) is 0.250. The standard InChI is InChI=1S/C20H20N4O3/c1-23-18(6-7-22-23)16-4-2-15-13-17(5-3-14(15)12-16)19(25)21-8-9-24-10-11-27-20(24)26/h2-7,12-13H,8-11H2,1H3,(H,21,25). The summed E-state index contributed by atoms with van der Waals surface area (Å²) in [6.45, 7) is 1.83. The summed E-state index contributed by atoms with van der Waals surface area (Å²) in [6.07, 6.45) is 1.45. The summed E-state index contributed by atoms with van der Waals surface area (Å²) >= 11 is 0. The molecule has 7 heteroatoms. The second-order valence-electron chi connectivity index (χ2n) is 6.47. The molecule has 3 aromatic rings. The van der Waals surface area contributed by atoms with Crippen molar-refractivity contribution in [2.24, 2.45) is 7.05 Å². The van der Waals surface area contributed by atoms with Crippen molar-refractivity contribution >= 4 is 22.8 Å². The van der Waals surface area contributed by atoms with Crippen LogP contribution in [0.25, 0.3) is 22.0 Å². The van der Waals surface area contributed by atoms with Gasteiger partial charge in [0.05, 0.1) is 12.2 Å². The third-order valence-electron chi connectivity index (χ3n) is 4.73. The molecule has 0 spiro atoms. The number of ether oxygens (including phenoxy) is 1. The summed E-state index contributed by atoms with van der Waals surface area (Å²) in [6, 6.07) is 13.7. The van der Waals surface area contributed by atoms with Crippen molar-refractivity contribution in [3.8, 4) is 11.3 Å². The van der Waals surface area contributed by atoms with E-state index >= 15 is 0 Å². The highest BCUT2D eigenvalue weighted by Crippen LogP contribution is 2.24. The van der Waals surface area contributed by atoms with Crippen LogP contribution in [-0.2, 0) is 11.8 Å². The number of carbonyl (C=O) groups is 2. The molecule has 2 heterocycles. The normalized spacial score (nSPS) is 13.8. The third kappa shape index (κ3) is 3.48. The van der Waals surface area contributed by atoms with Crippen molar-refractivity contribution in [1.82, 2.24) is 20.0 Å². The fourth-order valence-corrected chi connectivity index (χ4v) is 3.24. The molecule has 0 atom stereocenters. The molecule has 0 saturated carbocycles. The van der Waals surface area contributed by atoms with Gasteiger partial charge < -0.3 is 15.0 Å². The maximum atomic E-state index is 12.4. The average molecular weight is 364 g/mol. The number of nitrogens with one attached hydrogen (secondary N) is 1. The van der Waals surface area contributed by atoms with Gasteiger partial charge in [0, 0.05) is 37.5 Å². The largest absolute Gasteiger partial charge is 0.448 e. The van der Waals surface area contributed by atoms with Gasteiger partial charge in [-0.15, -0.1) is 0 Å². The van der Waals surface area contributed by atoms with Gasteiger partial charge in [0.1, 0.15) is 6.61 Å². The number of aromatic nitrogens is 2. The first-order valence-electron chi connectivity index (χ1n) is 8.84. The molecule has 138 valence electrons. The molecule has 1 saturated heterocycles. The van der Waals surface area contributed by atoms with Crippen LogP contribution in [0, 0.1) is 0 Å². The molecule has 27 heavy (non-hydrogen) atoms. The Bertz CT molecular complexity index is 1010. The minimum atomic E-state index is -0.320. The number of benzene rings is 2. The van der Waals surface area contributed by atoms with E-state index < -0.39 is 0 Å². The molecule has 1 aliphatic rings. The molecule has 7 nitrogen and oxygen atoms in total. The lowest BCUT2D eigenvalue weighted by Crippen LogP contribution is -2.35. The highest BCUT2D eigenvalue weighted by Gasteiger charge is 2.21. The van der Waals surface area contributed by atoms with E-state index in [2.05, 4.69) is 16.5 Å². The first-order valence-corrected chi connectivity index (χ1v) is 8.84. The van der Waals surface area contributed by atoms with Crippen molar-refractivity contribution < 1.29 is 14.3 Å². The number of fused-ring (bicyclic) bond motifs is 1. The monoisotopic (exact) mass is 364 g/mol. The number of rotatable bonds is 5. The molecular formula is C20H20N4O3. The molecular weight excluding hydrogens is 344 g/mol. The number of amides is 2. The van der Waals surface area contributed by atoms with Gasteiger partial charge in [-0.3, -0.25) is 9.48 Å². The van der Waals surface area contributed by atoms with E-state index in [0.717, 1.165) is 22.0 Å². The van der Waals surface area contributed by atoms with Gasteiger partial charge in [-0.05, 0) is 35.0 Å².